The number of nitrogens with zero attached hydrogens (tertiary/aromatic N) is 2. The molecule has 2 heterocycles. The molecule has 0 saturated carbocycles. The highest BCUT2D eigenvalue weighted by atomic mass is 35.5. The van der Waals surface area contributed by atoms with Crippen LogP contribution in [0.2, 0.25) is 10.0 Å². The van der Waals surface area contributed by atoms with Gasteiger partial charge in [0, 0.05) is 48.6 Å². The van der Waals surface area contributed by atoms with Gasteiger partial charge in [0.25, 0.3) is 0 Å². The van der Waals surface area contributed by atoms with Gasteiger partial charge in [-0.25, -0.2) is 8.78 Å². The molecule has 7 nitrogen and oxygen atoms in total. The second-order valence-electron chi connectivity index (χ2n) is 13.3. The highest BCUT2D eigenvalue weighted by molar-refractivity contribution is 6.31. The summed E-state index contributed by atoms with van der Waals surface area (Å²) in [6.07, 6.45) is 1.19. The number of nitrogens with one attached hydrogen (secondary N) is 2. The van der Waals surface area contributed by atoms with Crippen LogP contribution < -0.4 is 10.6 Å². The minimum absolute atomic E-state index is 0.0349. The molecule has 238 valence electrons. The number of carbonyl (C=O) groups is 2. The highest BCUT2D eigenvalue weighted by Gasteiger charge is 2.61. The number of rotatable bonds is 8. The quantitative estimate of drug-likeness (QED) is 0.340. The number of nitriles is 1. The zero-order chi connectivity index (χ0) is 32.4. The lowest BCUT2D eigenvalue weighted by molar-refractivity contribution is -0.135. The number of aliphatic hydroxyl groups excluding tert-OH is 1. The molecule has 5 atom stereocenters. The number of likely N-dealkylation sites (tertiary alicyclic amines) is 1. The molecule has 2 aromatic rings. The van der Waals surface area contributed by atoms with Crippen LogP contribution in [0.3, 0.4) is 0 Å². The lowest BCUT2D eigenvalue weighted by Gasteiger charge is -2.38. The SMILES string of the molecule is CC(O)CNC(=O)CC1CCN(C(=O)C2NC(CC(C)(C)C)C(C#N)(c3ccc(Cl)cc3F)C2c2cccc(Cl)c2F)CC1. The first-order valence-corrected chi connectivity index (χ1v) is 15.7. The maximum Gasteiger partial charge on any atom is 0.240 e. The van der Waals surface area contributed by atoms with Gasteiger partial charge >= 0.3 is 0 Å². The van der Waals surface area contributed by atoms with Crippen molar-refractivity contribution in [2.45, 2.75) is 82.9 Å². The van der Waals surface area contributed by atoms with E-state index in [0.29, 0.717) is 32.4 Å². The number of carbonyl (C=O) groups excluding carboxylic acids is 2. The van der Waals surface area contributed by atoms with Crippen LogP contribution in [0.15, 0.2) is 36.4 Å². The first-order chi connectivity index (χ1) is 20.7. The zero-order valence-corrected chi connectivity index (χ0v) is 27.0. The van der Waals surface area contributed by atoms with Crippen LogP contribution in [-0.2, 0) is 15.0 Å². The Morgan fingerprint density at radius 3 is 2.48 bits per heavy atom. The third-order valence-corrected chi connectivity index (χ3v) is 9.24. The summed E-state index contributed by atoms with van der Waals surface area (Å²) in [5, 5.41) is 26.5. The highest BCUT2D eigenvalue weighted by Crippen LogP contribution is 2.53. The average molecular weight is 650 g/mol. The number of benzene rings is 2. The van der Waals surface area contributed by atoms with Gasteiger partial charge < -0.3 is 20.6 Å². The van der Waals surface area contributed by atoms with Gasteiger partial charge in [-0.3, -0.25) is 9.59 Å². The van der Waals surface area contributed by atoms with E-state index in [4.69, 9.17) is 23.2 Å². The van der Waals surface area contributed by atoms with Gasteiger partial charge in [-0.1, -0.05) is 62.2 Å². The summed E-state index contributed by atoms with van der Waals surface area (Å²) >= 11 is 12.3. The third-order valence-electron chi connectivity index (χ3n) is 8.71. The number of amides is 2. The maximum atomic E-state index is 15.9. The summed E-state index contributed by atoms with van der Waals surface area (Å²) in [7, 11) is 0. The summed E-state index contributed by atoms with van der Waals surface area (Å²) in [5.41, 5.74) is -1.94. The molecule has 2 aliphatic heterocycles. The van der Waals surface area contributed by atoms with E-state index in [1.165, 1.54) is 24.3 Å². The van der Waals surface area contributed by atoms with Crippen LogP contribution >= 0.6 is 23.2 Å². The molecule has 0 aromatic heterocycles. The Kier molecular flexibility index (Phi) is 10.6. The van der Waals surface area contributed by atoms with Gasteiger partial charge in [0.05, 0.1) is 23.2 Å². The Hall–Kier alpha value is -2.77. The Bertz CT molecular complexity index is 1420. The molecule has 0 spiro atoms. The molecule has 2 saturated heterocycles. The fourth-order valence-corrected chi connectivity index (χ4v) is 7.03. The first-order valence-electron chi connectivity index (χ1n) is 15.0. The zero-order valence-electron chi connectivity index (χ0n) is 25.5. The van der Waals surface area contributed by atoms with Crippen LogP contribution in [-0.4, -0.2) is 59.6 Å². The van der Waals surface area contributed by atoms with Crippen molar-refractivity contribution < 1.29 is 23.5 Å². The van der Waals surface area contributed by atoms with Crippen molar-refractivity contribution >= 4 is 35.0 Å². The van der Waals surface area contributed by atoms with Crippen LogP contribution in [0.25, 0.3) is 0 Å². The molecule has 2 aliphatic rings. The van der Waals surface area contributed by atoms with Gasteiger partial charge in [-0.2, -0.15) is 5.26 Å². The summed E-state index contributed by atoms with van der Waals surface area (Å²) in [6, 6.07) is 9.13. The maximum absolute atomic E-state index is 15.9. The van der Waals surface area contributed by atoms with Crippen molar-refractivity contribution in [1.82, 2.24) is 15.5 Å². The van der Waals surface area contributed by atoms with E-state index < -0.39 is 41.2 Å². The Labute approximate surface area is 267 Å². The normalized spacial score (nSPS) is 25.0. The van der Waals surface area contributed by atoms with Gasteiger partial charge in [-0.05, 0) is 61.3 Å². The first kappa shape index (κ1) is 34.1. The number of halogens is 4. The lowest BCUT2D eigenvalue weighted by atomic mass is 9.62. The van der Waals surface area contributed by atoms with Crippen LogP contribution in [0.1, 0.15) is 70.4 Å². The second kappa shape index (κ2) is 13.7. The molecular formula is C33H40Cl2F2N4O3. The Balaban J connectivity index is 1.74. The average Bonchev–Trinajstić information content (AvgIpc) is 3.26. The predicted molar refractivity (Wildman–Crippen MR) is 166 cm³/mol. The van der Waals surface area contributed by atoms with E-state index in [2.05, 4.69) is 16.7 Å². The third kappa shape index (κ3) is 7.20. The molecule has 4 rings (SSSR count). The molecule has 44 heavy (non-hydrogen) atoms. The molecular weight excluding hydrogens is 609 g/mol. The largest absolute Gasteiger partial charge is 0.392 e. The molecule has 3 N–H and O–H groups in total. The summed E-state index contributed by atoms with van der Waals surface area (Å²) < 4.78 is 31.7. The fourth-order valence-electron chi connectivity index (χ4n) is 6.69. The van der Waals surface area contributed by atoms with E-state index in [-0.39, 0.29) is 57.3 Å². The van der Waals surface area contributed by atoms with E-state index in [1.807, 2.05) is 20.8 Å². The molecule has 2 aromatic carbocycles. The number of piperidine rings is 1. The second-order valence-corrected chi connectivity index (χ2v) is 14.2. The molecule has 2 fully saturated rings. The molecule has 2 amide bonds. The summed E-state index contributed by atoms with van der Waals surface area (Å²) in [5.74, 6) is -3.01. The Morgan fingerprint density at radius 1 is 1.20 bits per heavy atom. The smallest absolute Gasteiger partial charge is 0.240 e. The van der Waals surface area contributed by atoms with E-state index in [0.717, 1.165) is 6.07 Å². The van der Waals surface area contributed by atoms with Crippen molar-refractivity contribution in [3.8, 4) is 6.07 Å². The van der Waals surface area contributed by atoms with Crippen molar-refractivity contribution in [1.29, 1.82) is 5.26 Å². The van der Waals surface area contributed by atoms with Gasteiger partial charge in [0.15, 0.2) is 0 Å². The van der Waals surface area contributed by atoms with Gasteiger partial charge in [-0.15, -0.1) is 0 Å². The minimum Gasteiger partial charge on any atom is -0.392 e. The monoisotopic (exact) mass is 648 g/mol. The molecule has 5 unspecified atom stereocenters. The molecule has 0 radical (unpaired) electrons. The van der Waals surface area contributed by atoms with Crippen LogP contribution in [0, 0.1) is 34.3 Å². The topological polar surface area (TPSA) is 105 Å². The summed E-state index contributed by atoms with van der Waals surface area (Å²) in [6.45, 7) is 8.47. The fraction of sp³-hybridized carbons (Fsp3) is 0.545. The van der Waals surface area contributed by atoms with E-state index >= 15 is 8.78 Å². The lowest BCUT2D eigenvalue weighted by Crippen LogP contribution is -2.50. The number of hydrogen-bond donors (Lipinski definition) is 3. The van der Waals surface area contributed by atoms with Gasteiger partial charge in [0.2, 0.25) is 11.8 Å². The van der Waals surface area contributed by atoms with Crippen LogP contribution in [0.4, 0.5) is 8.78 Å². The minimum atomic E-state index is -1.69. The van der Waals surface area contributed by atoms with Crippen molar-refractivity contribution in [3.63, 3.8) is 0 Å². The van der Waals surface area contributed by atoms with Gasteiger partial charge in [0.1, 0.15) is 17.0 Å². The molecule has 0 bridgehead atoms. The van der Waals surface area contributed by atoms with Crippen LogP contribution in [0.5, 0.6) is 0 Å². The van der Waals surface area contributed by atoms with Crippen molar-refractivity contribution in [2.75, 3.05) is 19.6 Å². The van der Waals surface area contributed by atoms with Crippen molar-refractivity contribution in [2.24, 2.45) is 11.3 Å². The summed E-state index contributed by atoms with van der Waals surface area (Å²) in [4.78, 5) is 28.3. The Morgan fingerprint density at radius 2 is 1.89 bits per heavy atom. The van der Waals surface area contributed by atoms with Crippen molar-refractivity contribution in [3.05, 3.63) is 69.2 Å². The predicted octanol–water partition coefficient (Wildman–Crippen LogP) is 5.72. The number of hydrogen-bond acceptors (Lipinski definition) is 5. The standard InChI is InChI=1S/C33H40Cl2F2N4O3/c1-19(42)17-39-27(43)14-20-10-12-41(13-11-20)31(44)30-28(22-6-5-7-24(35)29(22)37)33(18-38,26(40-30)16-32(2,3)4)23-9-8-21(34)15-25(23)36/h5-9,15,19-20,26,28,30,40,42H,10-14,16-17H2,1-4H3,(H,39,43). The van der Waals surface area contributed by atoms with E-state index in [9.17, 15) is 20.0 Å². The molecule has 11 heteroatoms. The number of aliphatic hydroxyl groups is 1. The molecule has 0 aliphatic carbocycles. The van der Waals surface area contributed by atoms with E-state index in [1.54, 1.807) is 17.9 Å².